The van der Waals surface area contributed by atoms with Gasteiger partial charge in [0.05, 0.1) is 11.3 Å². The van der Waals surface area contributed by atoms with Gasteiger partial charge in [-0.15, -0.1) is 0 Å². The summed E-state index contributed by atoms with van der Waals surface area (Å²) in [5.74, 6) is -0.399. The van der Waals surface area contributed by atoms with Crippen LogP contribution in [0.3, 0.4) is 0 Å². The molecular formula is C18H22N2O. The first-order valence-corrected chi connectivity index (χ1v) is 7.37. The monoisotopic (exact) mass is 282 g/mol. The molecule has 0 radical (unpaired) electrons. The molecule has 2 aromatic carbocycles. The van der Waals surface area contributed by atoms with Crippen molar-refractivity contribution in [3.63, 3.8) is 0 Å². The number of hydrogen-bond acceptors (Lipinski definition) is 2. The van der Waals surface area contributed by atoms with Crippen LogP contribution in [-0.2, 0) is 0 Å². The first kappa shape index (κ1) is 15.1. The molecule has 21 heavy (non-hydrogen) atoms. The van der Waals surface area contributed by atoms with E-state index in [4.69, 9.17) is 5.73 Å². The summed E-state index contributed by atoms with van der Waals surface area (Å²) in [7, 11) is 0. The second-order valence-electron chi connectivity index (χ2n) is 5.19. The predicted octanol–water partition coefficient (Wildman–Crippen LogP) is 3.97. The Bertz CT molecular complexity index is 635. The number of rotatable bonds is 6. The number of amides is 1. The smallest absolute Gasteiger partial charge is 0.250 e. The van der Waals surface area contributed by atoms with Crippen molar-refractivity contribution in [2.24, 2.45) is 5.73 Å². The number of primary amides is 1. The third-order valence-electron chi connectivity index (χ3n) is 3.60. The van der Waals surface area contributed by atoms with Crippen molar-refractivity contribution in [3.8, 4) is 11.1 Å². The minimum Gasteiger partial charge on any atom is -0.384 e. The van der Waals surface area contributed by atoms with Crippen molar-refractivity contribution < 1.29 is 4.79 Å². The Morgan fingerprint density at radius 2 is 1.81 bits per heavy atom. The van der Waals surface area contributed by atoms with E-state index in [-0.39, 0.29) is 0 Å². The Balaban J connectivity index is 2.52. The minimum atomic E-state index is -0.399. The average molecular weight is 282 g/mol. The molecule has 0 heterocycles. The van der Waals surface area contributed by atoms with Crippen LogP contribution in [0.25, 0.3) is 11.1 Å². The van der Waals surface area contributed by atoms with Gasteiger partial charge in [0, 0.05) is 12.1 Å². The van der Waals surface area contributed by atoms with Gasteiger partial charge in [0.2, 0.25) is 0 Å². The Hall–Kier alpha value is -2.29. The molecule has 0 unspecified atom stereocenters. The Labute approximate surface area is 126 Å². The highest BCUT2D eigenvalue weighted by atomic mass is 16.1. The van der Waals surface area contributed by atoms with Crippen molar-refractivity contribution in [3.05, 3.63) is 53.6 Å². The quantitative estimate of drug-likeness (QED) is 0.788. The SMILES string of the molecule is CCCCNc1c(C(N)=O)cccc1-c1ccccc1C. The van der Waals surface area contributed by atoms with Crippen LogP contribution in [0.1, 0.15) is 35.7 Å². The van der Waals surface area contributed by atoms with Gasteiger partial charge >= 0.3 is 0 Å². The van der Waals surface area contributed by atoms with Gasteiger partial charge in [0.25, 0.3) is 5.91 Å². The van der Waals surface area contributed by atoms with Crippen molar-refractivity contribution >= 4 is 11.6 Å². The molecule has 0 fully saturated rings. The zero-order chi connectivity index (χ0) is 15.2. The standard InChI is InChI=1S/C18H22N2O/c1-3-4-12-20-17-15(10-7-11-16(17)18(19)21)14-9-6-5-8-13(14)2/h5-11,20H,3-4,12H2,1-2H3,(H2,19,21). The molecule has 0 aliphatic carbocycles. The number of aryl methyl sites for hydroxylation is 1. The molecule has 0 saturated heterocycles. The lowest BCUT2D eigenvalue weighted by molar-refractivity contribution is 0.100. The summed E-state index contributed by atoms with van der Waals surface area (Å²) in [6.07, 6.45) is 2.16. The molecule has 0 spiro atoms. The second-order valence-corrected chi connectivity index (χ2v) is 5.19. The van der Waals surface area contributed by atoms with Crippen molar-refractivity contribution in [2.45, 2.75) is 26.7 Å². The molecule has 0 atom stereocenters. The van der Waals surface area contributed by atoms with Gasteiger partial charge in [-0.3, -0.25) is 4.79 Å². The van der Waals surface area contributed by atoms with Crippen LogP contribution in [0.15, 0.2) is 42.5 Å². The molecule has 2 rings (SSSR count). The van der Waals surface area contributed by atoms with E-state index in [2.05, 4.69) is 31.3 Å². The van der Waals surface area contributed by atoms with E-state index in [1.807, 2.05) is 24.3 Å². The zero-order valence-electron chi connectivity index (χ0n) is 12.6. The highest BCUT2D eigenvalue weighted by Gasteiger charge is 2.14. The van der Waals surface area contributed by atoms with Gasteiger partial charge in [-0.2, -0.15) is 0 Å². The van der Waals surface area contributed by atoms with Gasteiger partial charge in [-0.25, -0.2) is 0 Å². The number of para-hydroxylation sites is 1. The summed E-state index contributed by atoms with van der Waals surface area (Å²) in [5.41, 5.74) is 10.2. The lowest BCUT2D eigenvalue weighted by Gasteiger charge is -2.16. The van der Waals surface area contributed by atoms with Crippen molar-refractivity contribution in [1.82, 2.24) is 0 Å². The lowest BCUT2D eigenvalue weighted by atomic mass is 9.96. The Morgan fingerprint density at radius 3 is 2.48 bits per heavy atom. The maximum atomic E-state index is 11.7. The summed E-state index contributed by atoms with van der Waals surface area (Å²) in [6.45, 7) is 5.05. The normalized spacial score (nSPS) is 10.4. The number of benzene rings is 2. The number of nitrogens with two attached hydrogens (primary N) is 1. The molecule has 3 heteroatoms. The summed E-state index contributed by atoms with van der Waals surface area (Å²) >= 11 is 0. The fourth-order valence-electron chi connectivity index (χ4n) is 2.44. The topological polar surface area (TPSA) is 55.1 Å². The number of hydrogen-bond donors (Lipinski definition) is 2. The van der Waals surface area contributed by atoms with Crippen LogP contribution >= 0.6 is 0 Å². The maximum Gasteiger partial charge on any atom is 0.250 e. The molecular weight excluding hydrogens is 260 g/mol. The van der Waals surface area contributed by atoms with Crippen molar-refractivity contribution in [2.75, 3.05) is 11.9 Å². The second kappa shape index (κ2) is 6.93. The summed E-state index contributed by atoms with van der Waals surface area (Å²) < 4.78 is 0. The van der Waals surface area contributed by atoms with Crippen LogP contribution in [0.2, 0.25) is 0 Å². The molecule has 110 valence electrons. The molecule has 0 aliphatic heterocycles. The molecule has 3 N–H and O–H groups in total. The first-order valence-electron chi connectivity index (χ1n) is 7.37. The molecule has 2 aromatic rings. The summed E-state index contributed by atoms with van der Waals surface area (Å²) in [4.78, 5) is 11.7. The highest BCUT2D eigenvalue weighted by molar-refractivity contribution is 6.02. The zero-order valence-corrected chi connectivity index (χ0v) is 12.6. The number of carbonyl (C=O) groups excluding carboxylic acids is 1. The van der Waals surface area contributed by atoms with Crippen LogP contribution in [0.5, 0.6) is 0 Å². The molecule has 1 amide bonds. The van der Waals surface area contributed by atoms with E-state index in [0.717, 1.165) is 36.2 Å². The Morgan fingerprint density at radius 1 is 1.10 bits per heavy atom. The van der Waals surface area contributed by atoms with Crippen molar-refractivity contribution in [1.29, 1.82) is 0 Å². The van der Waals surface area contributed by atoms with Crippen LogP contribution in [0.4, 0.5) is 5.69 Å². The van der Waals surface area contributed by atoms with Gasteiger partial charge in [0.15, 0.2) is 0 Å². The van der Waals surface area contributed by atoms with E-state index in [1.54, 1.807) is 6.07 Å². The number of carbonyl (C=O) groups is 1. The third kappa shape index (κ3) is 3.43. The van der Waals surface area contributed by atoms with E-state index < -0.39 is 5.91 Å². The summed E-state index contributed by atoms with van der Waals surface area (Å²) in [5, 5.41) is 3.39. The van der Waals surface area contributed by atoms with Gasteiger partial charge in [-0.1, -0.05) is 49.7 Å². The third-order valence-corrected chi connectivity index (χ3v) is 3.60. The fraction of sp³-hybridized carbons (Fsp3) is 0.278. The number of unbranched alkanes of at least 4 members (excludes halogenated alkanes) is 1. The van der Waals surface area contributed by atoms with Gasteiger partial charge in [0.1, 0.15) is 0 Å². The highest BCUT2D eigenvalue weighted by Crippen LogP contribution is 2.33. The minimum absolute atomic E-state index is 0.399. The van der Waals surface area contributed by atoms with E-state index in [0.29, 0.717) is 5.56 Å². The molecule has 0 bridgehead atoms. The van der Waals surface area contributed by atoms with Gasteiger partial charge < -0.3 is 11.1 Å². The van der Waals surface area contributed by atoms with E-state index in [9.17, 15) is 4.79 Å². The largest absolute Gasteiger partial charge is 0.384 e. The summed E-state index contributed by atoms with van der Waals surface area (Å²) in [6, 6.07) is 13.9. The predicted molar refractivity (Wildman–Crippen MR) is 88.5 cm³/mol. The van der Waals surface area contributed by atoms with Crippen LogP contribution < -0.4 is 11.1 Å². The first-order chi connectivity index (χ1) is 10.1. The molecule has 3 nitrogen and oxygen atoms in total. The lowest BCUT2D eigenvalue weighted by Crippen LogP contribution is -2.15. The fourth-order valence-corrected chi connectivity index (χ4v) is 2.44. The molecule has 0 aromatic heterocycles. The van der Waals surface area contributed by atoms with Crippen LogP contribution in [0, 0.1) is 6.92 Å². The average Bonchev–Trinajstić information content (AvgIpc) is 2.48. The molecule has 0 aliphatic rings. The molecule has 0 saturated carbocycles. The number of anilines is 1. The van der Waals surface area contributed by atoms with Crippen LogP contribution in [-0.4, -0.2) is 12.5 Å². The Kier molecular flexibility index (Phi) is 4.99. The van der Waals surface area contributed by atoms with Gasteiger partial charge in [-0.05, 0) is 30.5 Å². The van der Waals surface area contributed by atoms with E-state index >= 15 is 0 Å². The van der Waals surface area contributed by atoms with E-state index in [1.165, 1.54) is 5.56 Å². The maximum absolute atomic E-state index is 11.7. The number of nitrogens with one attached hydrogen (secondary N) is 1.